The van der Waals surface area contributed by atoms with Crippen LogP contribution >= 0.6 is 0 Å². The number of rotatable bonds is 2. The largest absolute Gasteiger partial charge is 0.388 e. The van der Waals surface area contributed by atoms with Crippen LogP contribution in [-0.4, -0.2) is 5.11 Å². The molecule has 2 saturated carbocycles. The normalized spacial score (nSPS) is 30.0. The van der Waals surface area contributed by atoms with Crippen molar-refractivity contribution < 1.29 is 5.11 Å². The van der Waals surface area contributed by atoms with Crippen molar-refractivity contribution in [3.05, 3.63) is 33.4 Å². The minimum absolute atomic E-state index is 0.247. The van der Waals surface area contributed by atoms with Crippen molar-refractivity contribution in [2.75, 3.05) is 0 Å². The van der Waals surface area contributed by atoms with Crippen LogP contribution in [0.4, 0.5) is 0 Å². The van der Waals surface area contributed by atoms with Gasteiger partial charge in [0, 0.05) is 0 Å². The third-order valence-electron chi connectivity index (χ3n) is 6.55. The monoisotopic (exact) mass is 272 g/mol. The van der Waals surface area contributed by atoms with Crippen LogP contribution in [0, 0.1) is 52.4 Å². The molecule has 1 nitrogen and oxygen atoms in total. The van der Waals surface area contributed by atoms with Crippen LogP contribution in [0.15, 0.2) is 0 Å². The topological polar surface area (TPSA) is 20.2 Å². The fourth-order valence-electron chi connectivity index (χ4n) is 4.87. The molecule has 4 unspecified atom stereocenters. The van der Waals surface area contributed by atoms with Crippen molar-refractivity contribution in [3.63, 3.8) is 0 Å². The van der Waals surface area contributed by atoms with E-state index in [1.807, 2.05) is 0 Å². The maximum Gasteiger partial charge on any atom is 0.0826 e. The predicted molar refractivity (Wildman–Crippen MR) is 84.0 cm³/mol. The molecule has 1 aromatic rings. The zero-order chi connectivity index (χ0) is 14.6. The Morgan fingerprint density at radius 1 is 0.800 bits per heavy atom. The molecule has 2 fully saturated rings. The average Bonchev–Trinajstić information content (AvgIpc) is 3.05. The van der Waals surface area contributed by atoms with Crippen molar-refractivity contribution in [1.29, 1.82) is 0 Å². The molecule has 0 spiro atoms. The van der Waals surface area contributed by atoms with E-state index in [1.165, 1.54) is 59.1 Å². The van der Waals surface area contributed by atoms with E-state index in [0.717, 1.165) is 11.8 Å². The first-order valence-electron chi connectivity index (χ1n) is 8.16. The fraction of sp³-hybridized carbons (Fsp3) is 0.684. The lowest BCUT2D eigenvalue weighted by Gasteiger charge is -2.31. The van der Waals surface area contributed by atoms with Gasteiger partial charge in [-0.05, 0) is 105 Å². The Hall–Kier alpha value is -0.820. The Labute approximate surface area is 123 Å². The van der Waals surface area contributed by atoms with Crippen molar-refractivity contribution in [1.82, 2.24) is 0 Å². The number of aliphatic hydroxyl groups is 1. The number of aliphatic hydroxyl groups excluding tert-OH is 1. The van der Waals surface area contributed by atoms with Gasteiger partial charge in [0.1, 0.15) is 0 Å². The zero-order valence-electron chi connectivity index (χ0n) is 13.6. The van der Waals surface area contributed by atoms with Crippen LogP contribution in [0.25, 0.3) is 0 Å². The maximum absolute atomic E-state index is 11.0. The van der Waals surface area contributed by atoms with E-state index in [9.17, 15) is 5.11 Å². The highest BCUT2D eigenvalue weighted by Crippen LogP contribution is 2.53. The quantitative estimate of drug-likeness (QED) is 0.827. The van der Waals surface area contributed by atoms with Crippen LogP contribution in [0.1, 0.15) is 65.2 Å². The molecule has 0 heterocycles. The molecule has 2 bridgehead atoms. The Kier molecular flexibility index (Phi) is 3.44. The van der Waals surface area contributed by atoms with Gasteiger partial charge in [-0.15, -0.1) is 0 Å². The number of hydrogen-bond donors (Lipinski definition) is 1. The highest BCUT2D eigenvalue weighted by molar-refractivity contribution is 5.50. The first kappa shape index (κ1) is 14.1. The van der Waals surface area contributed by atoms with Crippen molar-refractivity contribution in [3.8, 4) is 0 Å². The summed E-state index contributed by atoms with van der Waals surface area (Å²) in [7, 11) is 0. The molecular weight excluding hydrogens is 244 g/mol. The van der Waals surface area contributed by atoms with Gasteiger partial charge in [0.05, 0.1) is 6.10 Å². The van der Waals surface area contributed by atoms with Gasteiger partial charge in [-0.25, -0.2) is 0 Å². The first-order valence-corrected chi connectivity index (χ1v) is 8.16. The molecule has 0 radical (unpaired) electrons. The second kappa shape index (κ2) is 4.87. The van der Waals surface area contributed by atoms with Crippen molar-refractivity contribution in [2.45, 2.75) is 66.4 Å². The summed E-state index contributed by atoms with van der Waals surface area (Å²) < 4.78 is 0. The van der Waals surface area contributed by atoms with Crippen LogP contribution in [0.5, 0.6) is 0 Å². The van der Waals surface area contributed by atoms with E-state index in [1.54, 1.807) is 0 Å². The molecule has 1 heteroatoms. The molecule has 0 amide bonds. The van der Waals surface area contributed by atoms with E-state index in [0.29, 0.717) is 5.92 Å². The summed E-state index contributed by atoms with van der Waals surface area (Å²) in [5.41, 5.74) is 8.00. The molecule has 0 saturated heterocycles. The highest BCUT2D eigenvalue weighted by Gasteiger charge is 2.43. The summed E-state index contributed by atoms with van der Waals surface area (Å²) in [4.78, 5) is 0. The number of hydrogen-bond acceptors (Lipinski definition) is 1. The van der Waals surface area contributed by atoms with E-state index in [4.69, 9.17) is 0 Å². The number of benzene rings is 1. The molecule has 1 aromatic carbocycles. The average molecular weight is 272 g/mol. The minimum atomic E-state index is -0.247. The van der Waals surface area contributed by atoms with E-state index in [2.05, 4.69) is 34.6 Å². The maximum atomic E-state index is 11.0. The first-order chi connectivity index (χ1) is 9.41. The van der Waals surface area contributed by atoms with Crippen LogP contribution < -0.4 is 0 Å². The van der Waals surface area contributed by atoms with Gasteiger partial charge < -0.3 is 5.11 Å². The zero-order valence-corrected chi connectivity index (χ0v) is 13.6. The smallest absolute Gasteiger partial charge is 0.0826 e. The summed E-state index contributed by atoms with van der Waals surface area (Å²) in [6, 6.07) is 0. The Morgan fingerprint density at radius 3 is 1.80 bits per heavy atom. The van der Waals surface area contributed by atoms with E-state index in [-0.39, 0.29) is 6.10 Å². The molecule has 1 N–H and O–H groups in total. The van der Waals surface area contributed by atoms with Gasteiger partial charge in [-0.1, -0.05) is 6.42 Å². The molecular formula is C19H28O. The van der Waals surface area contributed by atoms with Gasteiger partial charge in [0.15, 0.2) is 0 Å². The molecule has 20 heavy (non-hydrogen) atoms. The predicted octanol–water partition coefficient (Wildman–Crippen LogP) is 4.70. The molecule has 0 aliphatic heterocycles. The summed E-state index contributed by atoms with van der Waals surface area (Å²) in [5.74, 6) is 2.18. The Bertz CT molecular complexity index is 514. The van der Waals surface area contributed by atoms with Gasteiger partial charge >= 0.3 is 0 Å². The third kappa shape index (κ3) is 1.94. The lowest BCUT2D eigenvalue weighted by molar-refractivity contribution is 0.0733. The van der Waals surface area contributed by atoms with E-state index >= 15 is 0 Å². The summed E-state index contributed by atoms with van der Waals surface area (Å²) in [6.07, 6.45) is 5.11. The molecule has 0 aromatic heterocycles. The minimum Gasteiger partial charge on any atom is -0.388 e. The molecule has 2 aliphatic carbocycles. The van der Waals surface area contributed by atoms with Gasteiger partial charge in [0.25, 0.3) is 0 Å². The fourth-order valence-corrected chi connectivity index (χ4v) is 4.87. The number of fused-ring (bicyclic) bond motifs is 2. The van der Waals surface area contributed by atoms with Gasteiger partial charge in [-0.2, -0.15) is 0 Å². The molecule has 4 atom stereocenters. The van der Waals surface area contributed by atoms with Crippen LogP contribution in [0.3, 0.4) is 0 Å². The lowest BCUT2D eigenvalue weighted by atomic mass is 9.78. The second-order valence-electron chi connectivity index (χ2n) is 7.32. The molecule has 110 valence electrons. The highest BCUT2D eigenvalue weighted by atomic mass is 16.3. The van der Waals surface area contributed by atoms with Gasteiger partial charge in [0.2, 0.25) is 0 Å². The van der Waals surface area contributed by atoms with E-state index < -0.39 is 0 Å². The molecule has 2 aliphatic rings. The lowest BCUT2D eigenvalue weighted by Crippen LogP contribution is -2.21. The Morgan fingerprint density at radius 2 is 1.35 bits per heavy atom. The van der Waals surface area contributed by atoms with Crippen molar-refractivity contribution in [2.24, 2.45) is 17.8 Å². The van der Waals surface area contributed by atoms with Crippen molar-refractivity contribution >= 4 is 0 Å². The molecule has 3 rings (SSSR count). The summed E-state index contributed by atoms with van der Waals surface area (Å²) in [6.45, 7) is 11.0. The summed E-state index contributed by atoms with van der Waals surface area (Å²) in [5, 5.41) is 11.0. The summed E-state index contributed by atoms with van der Waals surface area (Å²) >= 11 is 0. The third-order valence-corrected chi connectivity index (χ3v) is 6.55. The standard InChI is InChI=1S/C19H28O/c1-10-11(2)13(4)18(14(5)12(10)3)19(20)17-9-15-6-7-16(17)8-15/h15-17,19-20H,6-9H2,1-5H3. The SMILES string of the molecule is Cc1c(C)c(C)c(C(O)C2CC3CCC2C3)c(C)c1C. The van der Waals surface area contributed by atoms with Gasteiger partial charge in [-0.3, -0.25) is 0 Å². The van der Waals surface area contributed by atoms with Crippen LogP contribution in [0.2, 0.25) is 0 Å². The van der Waals surface area contributed by atoms with Crippen LogP contribution in [-0.2, 0) is 0 Å². The Balaban J connectivity index is 2.02. The second-order valence-corrected chi connectivity index (χ2v) is 7.32.